The van der Waals surface area contributed by atoms with Crippen molar-refractivity contribution in [3.8, 4) is 0 Å². The highest BCUT2D eigenvalue weighted by molar-refractivity contribution is 5.70. The summed E-state index contributed by atoms with van der Waals surface area (Å²) >= 11 is 0. The Morgan fingerprint density at radius 2 is 2.00 bits per heavy atom. The Balaban J connectivity index is 2.86. The van der Waals surface area contributed by atoms with Gasteiger partial charge < -0.3 is 10.0 Å². The van der Waals surface area contributed by atoms with Crippen LogP contribution in [0.1, 0.15) is 25.2 Å². The molecule has 0 aromatic carbocycles. The molecular weight excluding hydrogens is 220 g/mol. The van der Waals surface area contributed by atoms with E-state index in [1.165, 1.54) is 0 Å². The van der Waals surface area contributed by atoms with Gasteiger partial charge in [0.25, 0.3) is 0 Å². The standard InChI is InChI=1S/C11H18N4O2/c1-5-15(6-7(2)10(16)17)11-12-8(3)9(4)13-14-11/h7H,5-6H2,1-4H3,(H,16,17). The molecule has 17 heavy (non-hydrogen) atoms. The molecule has 6 heteroatoms. The van der Waals surface area contributed by atoms with E-state index in [1.54, 1.807) is 6.92 Å². The van der Waals surface area contributed by atoms with Gasteiger partial charge in [-0.1, -0.05) is 6.92 Å². The third-order valence-electron chi connectivity index (χ3n) is 2.66. The number of aryl methyl sites for hydroxylation is 2. The highest BCUT2D eigenvalue weighted by Gasteiger charge is 2.17. The molecule has 1 heterocycles. The maximum Gasteiger partial charge on any atom is 0.308 e. The molecule has 0 amide bonds. The first-order chi connectivity index (χ1) is 7.95. The van der Waals surface area contributed by atoms with Crippen LogP contribution in [0.4, 0.5) is 5.95 Å². The van der Waals surface area contributed by atoms with Crippen molar-refractivity contribution >= 4 is 11.9 Å². The number of hydrogen-bond acceptors (Lipinski definition) is 5. The number of nitrogens with zero attached hydrogens (tertiary/aromatic N) is 4. The van der Waals surface area contributed by atoms with Gasteiger partial charge >= 0.3 is 5.97 Å². The molecule has 1 N–H and O–H groups in total. The smallest absolute Gasteiger partial charge is 0.308 e. The number of carboxylic acids is 1. The normalized spacial score (nSPS) is 12.2. The van der Waals surface area contributed by atoms with Crippen LogP contribution in [0.2, 0.25) is 0 Å². The van der Waals surface area contributed by atoms with E-state index in [9.17, 15) is 4.79 Å². The van der Waals surface area contributed by atoms with Gasteiger partial charge in [0, 0.05) is 13.1 Å². The van der Waals surface area contributed by atoms with E-state index in [1.807, 2.05) is 25.7 Å². The van der Waals surface area contributed by atoms with Crippen molar-refractivity contribution in [3.05, 3.63) is 11.4 Å². The molecule has 1 rings (SSSR count). The first kappa shape index (κ1) is 13.3. The number of aliphatic carboxylic acids is 1. The second-order valence-corrected chi connectivity index (χ2v) is 4.06. The third-order valence-corrected chi connectivity index (χ3v) is 2.66. The Hall–Kier alpha value is -1.72. The predicted molar refractivity (Wildman–Crippen MR) is 64.0 cm³/mol. The first-order valence-corrected chi connectivity index (χ1v) is 5.61. The van der Waals surface area contributed by atoms with Gasteiger partial charge in [-0.3, -0.25) is 4.79 Å². The number of aromatic nitrogens is 3. The van der Waals surface area contributed by atoms with Gasteiger partial charge in [0.15, 0.2) is 0 Å². The topological polar surface area (TPSA) is 79.2 Å². The zero-order valence-electron chi connectivity index (χ0n) is 10.6. The summed E-state index contributed by atoms with van der Waals surface area (Å²) in [4.78, 5) is 17.0. The predicted octanol–water partition coefficient (Wildman–Crippen LogP) is 1.04. The molecule has 0 radical (unpaired) electrons. The average molecular weight is 238 g/mol. The Morgan fingerprint density at radius 1 is 1.35 bits per heavy atom. The molecule has 94 valence electrons. The van der Waals surface area contributed by atoms with Crippen LogP contribution in [0.15, 0.2) is 0 Å². The number of anilines is 1. The quantitative estimate of drug-likeness (QED) is 0.825. The highest BCUT2D eigenvalue weighted by Crippen LogP contribution is 2.10. The molecule has 1 aromatic heterocycles. The highest BCUT2D eigenvalue weighted by atomic mass is 16.4. The fraction of sp³-hybridized carbons (Fsp3) is 0.636. The molecule has 0 aliphatic carbocycles. The molecule has 0 fully saturated rings. The van der Waals surface area contributed by atoms with Crippen molar-refractivity contribution in [2.75, 3.05) is 18.0 Å². The van der Waals surface area contributed by atoms with E-state index in [0.717, 1.165) is 11.4 Å². The van der Waals surface area contributed by atoms with E-state index in [4.69, 9.17) is 5.11 Å². The molecule has 0 saturated carbocycles. The molecule has 0 aliphatic rings. The van der Waals surface area contributed by atoms with Gasteiger partial charge in [0.05, 0.1) is 17.3 Å². The van der Waals surface area contributed by atoms with Gasteiger partial charge in [-0.2, -0.15) is 5.10 Å². The number of rotatable bonds is 5. The van der Waals surface area contributed by atoms with E-state index in [2.05, 4.69) is 15.2 Å². The summed E-state index contributed by atoms with van der Waals surface area (Å²) in [5.74, 6) is -0.788. The van der Waals surface area contributed by atoms with Gasteiger partial charge in [-0.15, -0.1) is 5.10 Å². The summed E-state index contributed by atoms with van der Waals surface area (Å²) in [6.45, 7) is 8.35. The van der Waals surface area contributed by atoms with Crippen LogP contribution in [-0.4, -0.2) is 39.3 Å². The fourth-order valence-corrected chi connectivity index (χ4v) is 1.34. The van der Waals surface area contributed by atoms with Gasteiger partial charge in [-0.25, -0.2) is 4.98 Å². The molecule has 1 aromatic rings. The SMILES string of the molecule is CCN(CC(C)C(=O)O)c1nnc(C)c(C)n1. The Labute approximate surface area is 101 Å². The molecule has 6 nitrogen and oxygen atoms in total. The van der Waals surface area contributed by atoms with Crippen molar-refractivity contribution in [3.63, 3.8) is 0 Å². The van der Waals surface area contributed by atoms with Gasteiger partial charge in [-0.05, 0) is 20.8 Å². The first-order valence-electron chi connectivity index (χ1n) is 5.61. The molecule has 1 atom stereocenters. The summed E-state index contributed by atoms with van der Waals surface area (Å²) in [6.07, 6.45) is 0. The maximum atomic E-state index is 10.8. The van der Waals surface area contributed by atoms with E-state index >= 15 is 0 Å². The van der Waals surface area contributed by atoms with Crippen LogP contribution in [0.25, 0.3) is 0 Å². The second-order valence-electron chi connectivity index (χ2n) is 4.06. The fourth-order valence-electron chi connectivity index (χ4n) is 1.34. The van der Waals surface area contributed by atoms with E-state index in [-0.39, 0.29) is 0 Å². The van der Waals surface area contributed by atoms with Crippen LogP contribution < -0.4 is 4.90 Å². The van der Waals surface area contributed by atoms with Crippen molar-refractivity contribution in [1.29, 1.82) is 0 Å². The largest absolute Gasteiger partial charge is 0.481 e. The summed E-state index contributed by atoms with van der Waals surface area (Å²) in [6, 6.07) is 0. The Kier molecular flexibility index (Phi) is 4.37. The summed E-state index contributed by atoms with van der Waals surface area (Å²) in [5.41, 5.74) is 1.60. The Bertz CT molecular complexity index is 408. The summed E-state index contributed by atoms with van der Waals surface area (Å²) in [5, 5.41) is 16.9. The van der Waals surface area contributed by atoms with Crippen molar-refractivity contribution < 1.29 is 9.90 Å². The maximum absolute atomic E-state index is 10.8. The van der Waals surface area contributed by atoms with Gasteiger partial charge in [0.1, 0.15) is 0 Å². The zero-order chi connectivity index (χ0) is 13.0. The van der Waals surface area contributed by atoms with E-state index < -0.39 is 11.9 Å². The molecule has 0 aliphatic heterocycles. The van der Waals surface area contributed by atoms with E-state index in [0.29, 0.717) is 19.0 Å². The molecule has 0 saturated heterocycles. The van der Waals surface area contributed by atoms with Crippen molar-refractivity contribution in [2.45, 2.75) is 27.7 Å². The van der Waals surface area contributed by atoms with Crippen LogP contribution >= 0.6 is 0 Å². The van der Waals surface area contributed by atoms with Crippen molar-refractivity contribution in [1.82, 2.24) is 15.2 Å². The lowest BCUT2D eigenvalue weighted by Crippen LogP contribution is -2.33. The number of hydrogen-bond donors (Lipinski definition) is 1. The summed E-state index contributed by atoms with van der Waals surface area (Å²) in [7, 11) is 0. The zero-order valence-corrected chi connectivity index (χ0v) is 10.6. The third kappa shape index (κ3) is 3.37. The summed E-state index contributed by atoms with van der Waals surface area (Å²) < 4.78 is 0. The number of carbonyl (C=O) groups is 1. The van der Waals surface area contributed by atoms with Crippen LogP contribution in [0, 0.1) is 19.8 Å². The monoisotopic (exact) mass is 238 g/mol. The second kappa shape index (κ2) is 5.56. The molecule has 0 spiro atoms. The van der Waals surface area contributed by atoms with Crippen LogP contribution in [-0.2, 0) is 4.79 Å². The molecule has 0 bridgehead atoms. The average Bonchev–Trinajstić information content (AvgIpc) is 2.29. The van der Waals surface area contributed by atoms with Gasteiger partial charge in [0.2, 0.25) is 5.95 Å². The van der Waals surface area contributed by atoms with Crippen molar-refractivity contribution in [2.24, 2.45) is 5.92 Å². The lowest BCUT2D eigenvalue weighted by molar-refractivity contribution is -0.140. The Morgan fingerprint density at radius 3 is 2.47 bits per heavy atom. The lowest BCUT2D eigenvalue weighted by atomic mass is 10.2. The minimum absolute atomic E-state index is 0.385. The van der Waals surface area contributed by atoms with Crippen LogP contribution in [0.5, 0.6) is 0 Å². The molecular formula is C11H18N4O2. The minimum Gasteiger partial charge on any atom is -0.481 e. The van der Waals surface area contributed by atoms with Crippen LogP contribution in [0.3, 0.4) is 0 Å². The number of carboxylic acid groups (broad SMARTS) is 1. The lowest BCUT2D eigenvalue weighted by Gasteiger charge is -2.22. The molecule has 1 unspecified atom stereocenters. The minimum atomic E-state index is -0.819.